The number of piperidine rings is 1. The zero-order valence-corrected chi connectivity index (χ0v) is 12.2. The van der Waals surface area contributed by atoms with Crippen molar-refractivity contribution in [3.05, 3.63) is 35.9 Å². The molecule has 0 radical (unpaired) electrons. The van der Waals surface area contributed by atoms with Gasteiger partial charge in [-0.2, -0.15) is 0 Å². The predicted octanol–water partition coefficient (Wildman–Crippen LogP) is 2.27. The summed E-state index contributed by atoms with van der Waals surface area (Å²) in [6, 6.07) is 11.3. The highest BCUT2D eigenvalue weighted by Crippen LogP contribution is 2.48. The fraction of sp³-hybridized carbons (Fsp3) is 0.588. The molecule has 2 fully saturated rings. The minimum Gasteiger partial charge on any atom is -0.353 e. The summed E-state index contributed by atoms with van der Waals surface area (Å²) in [5, 5.41) is 6.72. The summed E-state index contributed by atoms with van der Waals surface area (Å²) in [7, 11) is 0. The van der Waals surface area contributed by atoms with E-state index < -0.39 is 0 Å². The maximum Gasteiger partial charge on any atom is 0.226 e. The summed E-state index contributed by atoms with van der Waals surface area (Å²) in [5.74, 6) is 0.278. The van der Waals surface area contributed by atoms with Gasteiger partial charge in [0.1, 0.15) is 0 Å². The number of carbonyl (C=O) groups is 1. The highest BCUT2D eigenvalue weighted by Gasteiger charge is 2.49. The number of rotatable bonds is 4. The van der Waals surface area contributed by atoms with Gasteiger partial charge in [-0.25, -0.2) is 0 Å². The second-order valence-electron chi connectivity index (χ2n) is 6.49. The maximum absolute atomic E-state index is 12.6. The molecule has 0 bridgehead atoms. The molecular formula is C17H24N2O. The monoisotopic (exact) mass is 272 g/mol. The van der Waals surface area contributed by atoms with E-state index in [4.69, 9.17) is 0 Å². The number of amides is 1. The third-order valence-electron chi connectivity index (χ3n) is 4.68. The predicted molar refractivity (Wildman–Crippen MR) is 80.4 cm³/mol. The minimum absolute atomic E-state index is 0.116. The normalized spacial score (nSPS) is 27.9. The number of benzene rings is 1. The molecule has 1 aromatic carbocycles. The lowest BCUT2D eigenvalue weighted by atomic mass is 9.94. The van der Waals surface area contributed by atoms with Crippen LogP contribution in [0.25, 0.3) is 0 Å². The van der Waals surface area contributed by atoms with Crippen molar-refractivity contribution in [3.63, 3.8) is 0 Å². The molecule has 0 spiro atoms. The maximum atomic E-state index is 12.6. The van der Waals surface area contributed by atoms with E-state index >= 15 is 0 Å². The van der Waals surface area contributed by atoms with E-state index in [9.17, 15) is 4.79 Å². The van der Waals surface area contributed by atoms with E-state index in [0.29, 0.717) is 12.1 Å². The van der Waals surface area contributed by atoms with Gasteiger partial charge in [-0.1, -0.05) is 30.3 Å². The first-order valence-corrected chi connectivity index (χ1v) is 7.76. The largest absolute Gasteiger partial charge is 0.353 e. The van der Waals surface area contributed by atoms with Gasteiger partial charge in [0.2, 0.25) is 5.91 Å². The third kappa shape index (κ3) is 3.04. The highest BCUT2D eigenvalue weighted by atomic mass is 16.2. The van der Waals surface area contributed by atoms with E-state index in [0.717, 1.165) is 38.6 Å². The number of nitrogens with one attached hydrogen (secondary N) is 2. The van der Waals surface area contributed by atoms with Crippen molar-refractivity contribution in [2.45, 2.75) is 51.1 Å². The molecule has 3 rings (SSSR count). The van der Waals surface area contributed by atoms with Crippen LogP contribution in [0.5, 0.6) is 0 Å². The van der Waals surface area contributed by atoms with Gasteiger partial charge in [0.05, 0.1) is 5.41 Å². The van der Waals surface area contributed by atoms with Crippen LogP contribution in [0, 0.1) is 5.41 Å². The summed E-state index contributed by atoms with van der Waals surface area (Å²) >= 11 is 0. The SMILES string of the molecule is CC1CC(NC(=O)C2(Cc3ccccc3)CC2)CCN1. The molecule has 0 aromatic heterocycles. The highest BCUT2D eigenvalue weighted by molar-refractivity contribution is 5.85. The molecular weight excluding hydrogens is 248 g/mol. The lowest BCUT2D eigenvalue weighted by molar-refractivity contribution is -0.127. The average Bonchev–Trinajstić information content (AvgIpc) is 3.21. The van der Waals surface area contributed by atoms with Gasteiger partial charge >= 0.3 is 0 Å². The lowest BCUT2D eigenvalue weighted by Gasteiger charge is -2.30. The fourth-order valence-corrected chi connectivity index (χ4v) is 3.22. The van der Waals surface area contributed by atoms with Crippen molar-refractivity contribution < 1.29 is 4.79 Å². The molecule has 3 nitrogen and oxygen atoms in total. The Hall–Kier alpha value is -1.35. The Bertz CT molecular complexity index is 467. The molecule has 1 amide bonds. The van der Waals surface area contributed by atoms with Crippen LogP contribution in [0.2, 0.25) is 0 Å². The van der Waals surface area contributed by atoms with Crippen LogP contribution >= 0.6 is 0 Å². The van der Waals surface area contributed by atoms with Gasteiger partial charge in [-0.3, -0.25) is 4.79 Å². The van der Waals surface area contributed by atoms with Gasteiger partial charge in [0.25, 0.3) is 0 Å². The topological polar surface area (TPSA) is 41.1 Å². The molecule has 1 aliphatic heterocycles. The Kier molecular flexibility index (Phi) is 3.79. The molecule has 108 valence electrons. The summed E-state index contributed by atoms with van der Waals surface area (Å²) < 4.78 is 0. The molecule has 1 saturated heterocycles. The van der Waals surface area contributed by atoms with Crippen molar-refractivity contribution in [1.82, 2.24) is 10.6 Å². The van der Waals surface area contributed by atoms with Gasteiger partial charge < -0.3 is 10.6 Å². The number of hydrogen-bond acceptors (Lipinski definition) is 2. The third-order valence-corrected chi connectivity index (χ3v) is 4.68. The number of hydrogen-bond donors (Lipinski definition) is 2. The van der Waals surface area contributed by atoms with Crippen LogP contribution in [0.1, 0.15) is 38.2 Å². The van der Waals surface area contributed by atoms with Gasteiger partial charge in [0, 0.05) is 12.1 Å². The van der Waals surface area contributed by atoms with Crippen LogP contribution in [-0.4, -0.2) is 24.5 Å². The van der Waals surface area contributed by atoms with E-state index in [1.54, 1.807) is 0 Å². The van der Waals surface area contributed by atoms with Crippen LogP contribution in [0.15, 0.2) is 30.3 Å². The quantitative estimate of drug-likeness (QED) is 0.883. The van der Waals surface area contributed by atoms with E-state index in [1.807, 2.05) is 6.07 Å². The first-order valence-electron chi connectivity index (χ1n) is 7.76. The fourth-order valence-electron chi connectivity index (χ4n) is 3.22. The van der Waals surface area contributed by atoms with Crippen molar-refractivity contribution in [2.75, 3.05) is 6.54 Å². The van der Waals surface area contributed by atoms with Crippen molar-refractivity contribution in [1.29, 1.82) is 0 Å². The van der Waals surface area contributed by atoms with E-state index in [2.05, 4.69) is 41.8 Å². The molecule has 1 aromatic rings. The molecule has 2 unspecified atom stereocenters. The minimum atomic E-state index is -0.116. The van der Waals surface area contributed by atoms with E-state index in [-0.39, 0.29) is 11.3 Å². The molecule has 1 aliphatic carbocycles. The van der Waals surface area contributed by atoms with Gasteiger partial charge in [0.15, 0.2) is 0 Å². The molecule has 2 aliphatic rings. The molecule has 2 atom stereocenters. The number of carbonyl (C=O) groups excluding carboxylic acids is 1. The Labute approximate surface area is 121 Å². The standard InChI is InChI=1S/C17H24N2O/c1-13-11-15(7-10-18-13)19-16(20)17(8-9-17)12-14-5-3-2-4-6-14/h2-6,13,15,18H,7-12H2,1H3,(H,19,20). The molecule has 1 saturated carbocycles. The zero-order valence-electron chi connectivity index (χ0n) is 12.2. The Balaban J connectivity index is 1.59. The Morgan fingerprint density at radius 3 is 2.75 bits per heavy atom. The summed E-state index contributed by atoms with van der Waals surface area (Å²) in [6.07, 6.45) is 5.06. The summed E-state index contributed by atoms with van der Waals surface area (Å²) in [4.78, 5) is 12.6. The molecule has 3 heteroatoms. The van der Waals surface area contributed by atoms with Crippen molar-refractivity contribution >= 4 is 5.91 Å². The van der Waals surface area contributed by atoms with Crippen LogP contribution < -0.4 is 10.6 Å². The summed E-state index contributed by atoms with van der Waals surface area (Å²) in [6.45, 7) is 3.20. The van der Waals surface area contributed by atoms with Crippen LogP contribution in [0.3, 0.4) is 0 Å². The second kappa shape index (κ2) is 5.57. The van der Waals surface area contributed by atoms with Crippen LogP contribution in [-0.2, 0) is 11.2 Å². The molecule has 2 N–H and O–H groups in total. The van der Waals surface area contributed by atoms with Crippen molar-refractivity contribution in [2.24, 2.45) is 5.41 Å². The average molecular weight is 272 g/mol. The van der Waals surface area contributed by atoms with Crippen LogP contribution in [0.4, 0.5) is 0 Å². The smallest absolute Gasteiger partial charge is 0.226 e. The summed E-state index contributed by atoms with van der Waals surface area (Å²) in [5.41, 5.74) is 1.16. The second-order valence-corrected chi connectivity index (χ2v) is 6.49. The Morgan fingerprint density at radius 2 is 2.10 bits per heavy atom. The Morgan fingerprint density at radius 1 is 1.35 bits per heavy atom. The first kappa shape index (κ1) is 13.6. The van der Waals surface area contributed by atoms with Crippen molar-refractivity contribution in [3.8, 4) is 0 Å². The van der Waals surface area contributed by atoms with Gasteiger partial charge in [-0.15, -0.1) is 0 Å². The van der Waals surface area contributed by atoms with E-state index in [1.165, 1.54) is 5.56 Å². The zero-order chi connectivity index (χ0) is 14.0. The molecule has 20 heavy (non-hydrogen) atoms. The van der Waals surface area contributed by atoms with Gasteiger partial charge in [-0.05, 0) is 51.1 Å². The first-order chi connectivity index (χ1) is 9.68. The molecule has 1 heterocycles. The lowest BCUT2D eigenvalue weighted by Crippen LogP contribution is -2.48.